The lowest BCUT2D eigenvalue weighted by molar-refractivity contribution is 0.567. The molecule has 1 fully saturated rings. The van der Waals surface area contributed by atoms with Crippen molar-refractivity contribution in [3.05, 3.63) is 18.2 Å². The highest BCUT2D eigenvalue weighted by Crippen LogP contribution is 2.22. The van der Waals surface area contributed by atoms with Crippen LogP contribution in [0.15, 0.2) is 12.5 Å². The summed E-state index contributed by atoms with van der Waals surface area (Å²) in [5.41, 5.74) is 6.80. The zero-order valence-corrected chi connectivity index (χ0v) is 7.74. The van der Waals surface area contributed by atoms with E-state index in [0.29, 0.717) is 12.6 Å². The molecule has 0 aliphatic carbocycles. The van der Waals surface area contributed by atoms with E-state index in [9.17, 15) is 0 Å². The molecule has 2 heterocycles. The Morgan fingerprint density at radius 2 is 2.62 bits per heavy atom. The van der Waals surface area contributed by atoms with Crippen LogP contribution in [0.25, 0.3) is 0 Å². The maximum absolute atomic E-state index is 5.52. The lowest BCUT2D eigenvalue weighted by Gasteiger charge is -2.12. The molecule has 4 heteroatoms. The normalized spacial score (nSPS) is 22.4. The molecule has 0 saturated carbocycles. The first-order chi connectivity index (χ1) is 6.42. The Kier molecular flexibility index (Phi) is 2.61. The number of imidazole rings is 1. The van der Waals surface area contributed by atoms with E-state index in [1.807, 2.05) is 12.5 Å². The summed E-state index contributed by atoms with van der Waals surface area (Å²) in [6.45, 7) is 2.67. The SMILES string of the molecule is NCCn1cncc1C1CCCN1. The maximum atomic E-state index is 5.52. The van der Waals surface area contributed by atoms with Gasteiger partial charge in [0.05, 0.1) is 12.0 Å². The molecule has 0 bridgehead atoms. The summed E-state index contributed by atoms with van der Waals surface area (Å²) in [5.74, 6) is 0. The predicted molar refractivity (Wildman–Crippen MR) is 51.3 cm³/mol. The molecule has 1 atom stereocenters. The summed E-state index contributed by atoms with van der Waals surface area (Å²) in [6, 6.07) is 0.494. The van der Waals surface area contributed by atoms with Crippen LogP contribution in [0.4, 0.5) is 0 Å². The van der Waals surface area contributed by atoms with E-state index in [0.717, 1.165) is 13.1 Å². The monoisotopic (exact) mass is 180 g/mol. The molecular formula is C9H16N4. The Balaban J connectivity index is 2.13. The number of nitrogens with one attached hydrogen (secondary N) is 1. The Morgan fingerprint density at radius 1 is 1.69 bits per heavy atom. The van der Waals surface area contributed by atoms with E-state index in [4.69, 9.17) is 5.73 Å². The molecule has 3 N–H and O–H groups in total. The van der Waals surface area contributed by atoms with E-state index >= 15 is 0 Å². The van der Waals surface area contributed by atoms with Crippen molar-refractivity contribution in [2.75, 3.05) is 13.1 Å². The third-order valence-electron chi connectivity index (χ3n) is 2.53. The van der Waals surface area contributed by atoms with Gasteiger partial charge >= 0.3 is 0 Å². The van der Waals surface area contributed by atoms with Crippen LogP contribution in [0.5, 0.6) is 0 Å². The second-order valence-electron chi connectivity index (χ2n) is 3.45. The molecule has 13 heavy (non-hydrogen) atoms. The van der Waals surface area contributed by atoms with Crippen molar-refractivity contribution < 1.29 is 0 Å². The van der Waals surface area contributed by atoms with E-state index < -0.39 is 0 Å². The number of aromatic nitrogens is 2. The van der Waals surface area contributed by atoms with Gasteiger partial charge in [-0.25, -0.2) is 4.98 Å². The third-order valence-corrected chi connectivity index (χ3v) is 2.53. The molecule has 1 unspecified atom stereocenters. The minimum atomic E-state index is 0.494. The fourth-order valence-corrected chi connectivity index (χ4v) is 1.88. The summed E-state index contributed by atoms with van der Waals surface area (Å²) < 4.78 is 2.14. The smallest absolute Gasteiger partial charge is 0.0949 e. The van der Waals surface area contributed by atoms with Crippen LogP contribution in [0.2, 0.25) is 0 Å². The van der Waals surface area contributed by atoms with Crippen molar-refractivity contribution in [2.24, 2.45) is 5.73 Å². The highest BCUT2D eigenvalue weighted by atomic mass is 15.1. The van der Waals surface area contributed by atoms with Crippen molar-refractivity contribution >= 4 is 0 Å². The summed E-state index contributed by atoms with van der Waals surface area (Å²) in [5, 5.41) is 3.46. The van der Waals surface area contributed by atoms with Crippen LogP contribution in [0.1, 0.15) is 24.6 Å². The van der Waals surface area contributed by atoms with Crippen LogP contribution in [-0.2, 0) is 6.54 Å². The number of hydrogen-bond donors (Lipinski definition) is 2. The van der Waals surface area contributed by atoms with E-state index in [2.05, 4.69) is 14.9 Å². The van der Waals surface area contributed by atoms with Crippen LogP contribution < -0.4 is 11.1 Å². The van der Waals surface area contributed by atoms with E-state index in [-0.39, 0.29) is 0 Å². The molecular weight excluding hydrogens is 164 g/mol. The second-order valence-corrected chi connectivity index (χ2v) is 3.45. The van der Waals surface area contributed by atoms with Crippen molar-refractivity contribution in [3.8, 4) is 0 Å². The summed E-state index contributed by atoms with van der Waals surface area (Å²) in [7, 11) is 0. The molecule has 1 aliphatic rings. The van der Waals surface area contributed by atoms with Gasteiger partial charge in [0, 0.05) is 25.3 Å². The zero-order chi connectivity index (χ0) is 9.10. The largest absolute Gasteiger partial charge is 0.332 e. The van der Waals surface area contributed by atoms with Gasteiger partial charge in [-0.15, -0.1) is 0 Å². The lowest BCUT2D eigenvalue weighted by atomic mass is 10.2. The molecule has 1 aliphatic heterocycles. The van der Waals surface area contributed by atoms with Gasteiger partial charge in [0.15, 0.2) is 0 Å². The molecule has 72 valence electrons. The Labute approximate surface area is 78.1 Å². The first-order valence-corrected chi connectivity index (χ1v) is 4.85. The first kappa shape index (κ1) is 8.72. The molecule has 2 rings (SSSR count). The molecule has 0 aromatic carbocycles. The molecule has 4 nitrogen and oxygen atoms in total. The lowest BCUT2D eigenvalue weighted by Crippen LogP contribution is -2.19. The zero-order valence-electron chi connectivity index (χ0n) is 7.74. The van der Waals surface area contributed by atoms with Gasteiger partial charge in [-0.05, 0) is 19.4 Å². The molecule has 0 spiro atoms. The maximum Gasteiger partial charge on any atom is 0.0949 e. The Bertz CT molecular complexity index is 262. The fourth-order valence-electron chi connectivity index (χ4n) is 1.88. The van der Waals surface area contributed by atoms with Crippen molar-refractivity contribution in [3.63, 3.8) is 0 Å². The number of nitrogens with zero attached hydrogens (tertiary/aromatic N) is 2. The van der Waals surface area contributed by atoms with Gasteiger partial charge in [-0.1, -0.05) is 0 Å². The predicted octanol–water partition coefficient (Wildman–Crippen LogP) is 0.266. The fraction of sp³-hybridized carbons (Fsp3) is 0.667. The number of nitrogens with two attached hydrogens (primary N) is 1. The van der Waals surface area contributed by atoms with Gasteiger partial charge < -0.3 is 15.6 Å². The average Bonchev–Trinajstić information content (AvgIpc) is 2.71. The Hall–Kier alpha value is -0.870. The number of hydrogen-bond acceptors (Lipinski definition) is 3. The highest BCUT2D eigenvalue weighted by Gasteiger charge is 2.19. The van der Waals surface area contributed by atoms with Crippen molar-refractivity contribution in [2.45, 2.75) is 25.4 Å². The topological polar surface area (TPSA) is 55.9 Å². The van der Waals surface area contributed by atoms with Crippen LogP contribution in [0, 0.1) is 0 Å². The van der Waals surface area contributed by atoms with Crippen LogP contribution in [-0.4, -0.2) is 22.6 Å². The minimum Gasteiger partial charge on any atom is -0.332 e. The molecule has 0 radical (unpaired) electrons. The highest BCUT2D eigenvalue weighted by molar-refractivity contribution is 5.07. The van der Waals surface area contributed by atoms with E-state index in [1.165, 1.54) is 18.5 Å². The van der Waals surface area contributed by atoms with E-state index in [1.54, 1.807) is 0 Å². The quantitative estimate of drug-likeness (QED) is 0.702. The molecule has 1 aromatic rings. The second kappa shape index (κ2) is 3.89. The summed E-state index contributed by atoms with van der Waals surface area (Å²) >= 11 is 0. The summed E-state index contributed by atoms with van der Waals surface area (Å²) in [6.07, 6.45) is 6.29. The standard InChI is InChI=1S/C9H16N4/c10-3-5-13-7-11-6-9(13)8-2-1-4-12-8/h6-8,12H,1-5,10H2. The molecule has 1 saturated heterocycles. The first-order valence-electron chi connectivity index (χ1n) is 4.85. The molecule has 0 amide bonds. The van der Waals surface area contributed by atoms with Gasteiger partial charge in [0.25, 0.3) is 0 Å². The number of rotatable bonds is 3. The van der Waals surface area contributed by atoms with Gasteiger partial charge in [-0.3, -0.25) is 0 Å². The average molecular weight is 180 g/mol. The summed E-state index contributed by atoms with van der Waals surface area (Å²) in [4.78, 5) is 4.15. The third kappa shape index (κ3) is 1.73. The van der Waals surface area contributed by atoms with Crippen molar-refractivity contribution in [1.82, 2.24) is 14.9 Å². The Morgan fingerprint density at radius 3 is 3.31 bits per heavy atom. The van der Waals surface area contributed by atoms with Crippen LogP contribution in [0.3, 0.4) is 0 Å². The minimum absolute atomic E-state index is 0.494. The van der Waals surface area contributed by atoms with Crippen molar-refractivity contribution in [1.29, 1.82) is 0 Å². The van der Waals surface area contributed by atoms with Crippen LogP contribution >= 0.6 is 0 Å². The van der Waals surface area contributed by atoms with Gasteiger partial charge in [0.1, 0.15) is 0 Å². The molecule has 1 aromatic heterocycles. The van der Waals surface area contributed by atoms with Gasteiger partial charge in [-0.2, -0.15) is 0 Å². The van der Waals surface area contributed by atoms with Gasteiger partial charge in [0.2, 0.25) is 0 Å².